The standard InChI is InChI=1S/C30H18O3.C12H6.C8H7IO2.Li.2H2O/c31-28-13-7-22(8-14-28)1-4-25-19-26(5-2-23-9-15-29(32)16-10-23)21-27(20-25)6-3-24-11-17-30(33)18-12-24;1-4-10-7-11(5-2)9-12(6-3)8-10;1-6(10)11-8-4-2-7(9)3-5-8;;;/h7-21,31-33H;1-3,7-9H;2-5H,1H3;;2*1H2/q;;;+1;;/p-1. The first-order valence-corrected chi connectivity index (χ1v) is 17.7. The topological polar surface area (TPSA) is 148 Å². The second-order valence-corrected chi connectivity index (χ2v) is 12.7. The van der Waals surface area contributed by atoms with Crippen molar-refractivity contribution in [1.82, 2.24) is 0 Å². The van der Waals surface area contributed by atoms with Gasteiger partial charge in [-0.15, -0.1) is 19.3 Å². The molecule has 0 saturated carbocycles. The van der Waals surface area contributed by atoms with E-state index in [-0.39, 0.29) is 53.0 Å². The average molecular weight is 881 g/mol. The summed E-state index contributed by atoms with van der Waals surface area (Å²) in [4.78, 5) is 10.5. The molecule has 0 heterocycles. The predicted molar refractivity (Wildman–Crippen MR) is 235 cm³/mol. The number of hydrogen-bond donors (Lipinski definition) is 3. The Labute approximate surface area is 370 Å². The van der Waals surface area contributed by atoms with Crippen LogP contribution < -0.4 is 23.6 Å². The van der Waals surface area contributed by atoms with Gasteiger partial charge in [0.05, 0.1) is 0 Å². The molecule has 0 aliphatic carbocycles. The summed E-state index contributed by atoms with van der Waals surface area (Å²) >= 11 is 2.19. The minimum absolute atomic E-state index is 0. The molecule has 6 aromatic carbocycles. The molecule has 9 heteroatoms. The minimum Gasteiger partial charge on any atom is -0.870 e. The number of aromatic hydroxyl groups is 3. The normalized spacial score (nSPS) is 8.59. The average Bonchev–Trinajstić information content (AvgIpc) is 3.21. The van der Waals surface area contributed by atoms with E-state index in [0.29, 0.717) is 5.75 Å². The first-order valence-electron chi connectivity index (χ1n) is 16.6. The van der Waals surface area contributed by atoms with Gasteiger partial charge in [0, 0.05) is 60.6 Å². The van der Waals surface area contributed by atoms with Crippen molar-refractivity contribution in [3.05, 3.63) is 187 Å². The van der Waals surface area contributed by atoms with Crippen molar-refractivity contribution >= 4 is 28.6 Å². The summed E-state index contributed by atoms with van der Waals surface area (Å²) in [5.41, 5.74) is 6.79. The number of terminal acetylenes is 3. The number of benzene rings is 6. The SMILES string of the molecule is C#Cc1cc(C#C)cc(C#C)c1.CC(=O)Oc1ccc(I)cc1.O.Oc1ccc(C#Cc2cc(C#Cc3ccc(O)cc3)cc(C#Cc3ccc(O)cc3)c2)cc1.[Li+].[OH-]. The molecule has 0 fully saturated rings. The van der Waals surface area contributed by atoms with Crippen LogP contribution in [0.2, 0.25) is 0 Å². The van der Waals surface area contributed by atoms with Crippen molar-refractivity contribution in [1.29, 1.82) is 0 Å². The van der Waals surface area contributed by atoms with Crippen molar-refractivity contribution in [2.75, 3.05) is 0 Å². The van der Waals surface area contributed by atoms with E-state index in [2.05, 4.69) is 75.9 Å². The van der Waals surface area contributed by atoms with Gasteiger partial charge in [-0.2, -0.15) is 0 Å². The number of halogens is 1. The number of phenolic OH excluding ortho intramolecular Hbond substituents is 3. The van der Waals surface area contributed by atoms with Gasteiger partial charge in [0.2, 0.25) is 0 Å². The van der Waals surface area contributed by atoms with E-state index in [9.17, 15) is 20.1 Å². The van der Waals surface area contributed by atoms with Crippen LogP contribution in [0.25, 0.3) is 0 Å². The Morgan fingerprint density at radius 1 is 0.475 bits per heavy atom. The summed E-state index contributed by atoms with van der Waals surface area (Å²) in [6, 6.07) is 38.3. The molecule has 6 N–H and O–H groups in total. The summed E-state index contributed by atoms with van der Waals surface area (Å²) < 4.78 is 5.95. The molecule has 0 amide bonds. The largest absolute Gasteiger partial charge is 1.00 e. The fourth-order valence-corrected chi connectivity index (χ4v) is 4.82. The van der Waals surface area contributed by atoms with Crippen molar-refractivity contribution in [3.8, 4) is 95.6 Å². The van der Waals surface area contributed by atoms with Gasteiger partial charge in [0.15, 0.2) is 0 Å². The molecular weight excluding hydrogens is 846 g/mol. The summed E-state index contributed by atoms with van der Waals surface area (Å²) in [6.07, 6.45) is 15.6. The van der Waals surface area contributed by atoms with E-state index in [1.165, 1.54) is 6.92 Å². The maximum atomic E-state index is 10.5. The predicted octanol–water partition coefficient (Wildman–Crippen LogP) is 4.85. The zero-order valence-electron chi connectivity index (χ0n) is 31.9. The molecule has 284 valence electrons. The van der Waals surface area contributed by atoms with Gasteiger partial charge in [0.1, 0.15) is 23.0 Å². The Hall–Kier alpha value is -7.20. The van der Waals surface area contributed by atoms with E-state index in [0.717, 1.165) is 53.6 Å². The number of rotatable bonds is 1. The van der Waals surface area contributed by atoms with Crippen LogP contribution >= 0.6 is 22.6 Å². The van der Waals surface area contributed by atoms with Crippen molar-refractivity contribution in [2.24, 2.45) is 0 Å². The van der Waals surface area contributed by atoms with E-state index in [1.54, 1.807) is 103 Å². The van der Waals surface area contributed by atoms with E-state index in [4.69, 9.17) is 24.0 Å². The van der Waals surface area contributed by atoms with E-state index < -0.39 is 0 Å². The molecule has 59 heavy (non-hydrogen) atoms. The van der Waals surface area contributed by atoms with Gasteiger partial charge in [-0.25, -0.2) is 0 Å². The van der Waals surface area contributed by atoms with Crippen LogP contribution in [0, 0.1) is 76.1 Å². The molecule has 7 nitrogen and oxygen atoms in total. The van der Waals surface area contributed by atoms with Crippen LogP contribution in [0.1, 0.15) is 57.0 Å². The molecule has 0 aromatic heterocycles. The monoisotopic (exact) mass is 880 g/mol. The van der Waals surface area contributed by atoms with Crippen molar-refractivity contribution in [3.63, 3.8) is 0 Å². The number of phenols is 3. The third-order valence-electron chi connectivity index (χ3n) is 7.10. The summed E-state index contributed by atoms with van der Waals surface area (Å²) in [5, 5.41) is 28.3. The fourth-order valence-electron chi connectivity index (χ4n) is 4.46. The first kappa shape index (κ1) is 49.8. The Balaban J connectivity index is 0.000000551. The third kappa shape index (κ3) is 18.1. The zero-order chi connectivity index (χ0) is 40.3. The van der Waals surface area contributed by atoms with E-state index >= 15 is 0 Å². The molecule has 6 rings (SSSR count). The second kappa shape index (κ2) is 25.9. The summed E-state index contributed by atoms with van der Waals surface area (Å²) in [7, 11) is 0. The molecule has 0 saturated heterocycles. The minimum atomic E-state index is -0.286. The number of carbonyl (C=O) groups is 1. The van der Waals surface area contributed by atoms with Gasteiger partial charge in [-0.05, 0) is 156 Å². The van der Waals surface area contributed by atoms with Crippen LogP contribution in [0.4, 0.5) is 0 Å². The zero-order valence-corrected chi connectivity index (χ0v) is 34.1. The van der Waals surface area contributed by atoms with Gasteiger partial charge < -0.3 is 31.0 Å². The fraction of sp³-hybridized carbons (Fsp3) is 0.0200. The Morgan fingerprint density at radius 3 is 0.983 bits per heavy atom. The van der Waals surface area contributed by atoms with Gasteiger partial charge >= 0.3 is 24.8 Å². The number of esters is 1. The van der Waals surface area contributed by atoms with Gasteiger partial charge in [0.25, 0.3) is 0 Å². The Morgan fingerprint density at radius 2 is 0.729 bits per heavy atom. The van der Waals surface area contributed by atoms with Crippen LogP contribution in [-0.2, 0) is 4.79 Å². The number of ether oxygens (including phenoxy) is 1. The molecule has 0 aliphatic rings. The first-order chi connectivity index (χ1) is 27.0. The Kier molecular flexibility index (Phi) is 21.8. The van der Waals surface area contributed by atoms with Crippen molar-refractivity contribution < 1.29 is 54.7 Å². The molecular formula is C50H34ILiO7. The van der Waals surface area contributed by atoms with Gasteiger partial charge in [-0.3, -0.25) is 4.79 Å². The van der Waals surface area contributed by atoms with Crippen LogP contribution in [0.15, 0.2) is 133 Å². The maximum Gasteiger partial charge on any atom is 1.00 e. The second-order valence-electron chi connectivity index (χ2n) is 11.5. The molecule has 0 aliphatic heterocycles. The summed E-state index contributed by atoms with van der Waals surface area (Å²) in [5.74, 6) is 27.0. The van der Waals surface area contributed by atoms with Gasteiger partial charge in [-0.1, -0.05) is 53.3 Å². The van der Waals surface area contributed by atoms with E-state index in [1.807, 2.05) is 30.3 Å². The smallest absolute Gasteiger partial charge is 0.870 e. The van der Waals surface area contributed by atoms with Crippen LogP contribution in [0.3, 0.4) is 0 Å². The molecule has 0 radical (unpaired) electrons. The number of hydrogen-bond acceptors (Lipinski definition) is 6. The third-order valence-corrected chi connectivity index (χ3v) is 7.82. The van der Waals surface area contributed by atoms with Crippen LogP contribution in [-0.4, -0.2) is 32.2 Å². The van der Waals surface area contributed by atoms with Crippen LogP contribution in [0.5, 0.6) is 23.0 Å². The quantitative estimate of drug-likeness (QED) is 0.0708. The molecule has 0 unspecified atom stereocenters. The Bertz CT molecular complexity index is 2370. The molecule has 0 bridgehead atoms. The summed E-state index contributed by atoms with van der Waals surface area (Å²) in [6.45, 7) is 1.39. The molecule has 0 atom stereocenters. The number of carbonyl (C=O) groups excluding carboxylic acids is 1. The molecule has 0 spiro atoms. The van der Waals surface area contributed by atoms with Crippen molar-refractivity contribution in [2.45, 2.75) is 6.92 Å². The molecule has 6 aromatic rings. The maximum absolute atomic E-state index is 10.5.